The smallest absolute Gasteiger partial charge is 0.228 e. The van der Waals surface area contributed by atoms with Crippen molar-refractivity contribution in [3.63, 3.8) is 0 Å². The van der Waals surface area contributed by atoms with Gasteiger partial charge in [0.1, 0.15) is 0 Å². The minimum absolute atomic E-state index is 0.0782. The maximum absolute atomic E-state index is 12.4. The zero-order valence-electron chi connectivity index (χ0n) is 13.5. The number of likely N-dealkylation sites (tertiary alicyclic amines) is 1. The molecule has 2 amide bonds. The topological polar surface area (TPSA) is 76.3 Å². The summed E-state index contributed by atoms with van der Waals surface area (Å²) >= 11 is 1.59. The van der Waals surface area contributed by atoms with Crippen LogP contribution in [0.4, 0.5) is 0 Å². The summed E-state index contributed by atoms with van der Waals surface area (Å²) in [6, 6.07) is 10.2. The molecular formula is C18H21N3O2S. The molecule has 1 aliphatic heterocycles. The first-order valence-electron chi connectivity index (χ1n) is 8.16. The summed E-state index contributed by atoms with van der Waals surface area (Å²) in [5, 5.41) is 2.99. The van der Waals surface area contributed by atoms with Gasteiger partial charge in [0.2, 0.25) is 11.8 Å². The molecule has 1 aromatic heterocycles. The van der Waals surface area contributed by atoms with Crippen LogP contribution in [0.15, 0.2) is 35.7 Å². The van der Waals surface area contributed by atoms with Crippen LogP contribution in [0.3, 0.4) is 0 Å². The van der Waals surface area contributed by atoms with Gasteiger partial charge in [-0.1, -0.05) is 30.3 Å². The third-order valence-corrected chi connectivity index (χ3v) is 5.28. The first-order valence-corrected chi connectivity index (χ1v) is 9.04. The van der Waals surface area contributed by atoms with Crippen molar-refractivity contribution in [1.82, 2.24) is 9.88 Å². The average Bonchev–Trinajstić information content (AvgIpc) is 3.02. The van der Waals surface area contributed by atoms with E-state index in [1.165, 1.54) is 5.56 Å². The van der Waals surface area contributed by atoms with Crippen LogP contribution in [0.5, 0.6) is 0 Å². The van der Waals surface area contributed by atoms with Gasteiger partial charge in [-0.3, -0.25) is 9.59 Å². The van der Waals surface area contributed by atoms with E-state index in [4.69, 9.17) is 5.73 Å². The zero-order chi connectivity index (χ0) is 16.9. The minimum Gasteiger partial charge on any atom is -0.369 e. The lowest BCUT2D eigenvalue weighted by atomic mass is 9.96. The number of rotatable bonds is 5. The molecule has 126 valence electrons. The maximum atomic E-state index is 12.4. The van der Waals surface area contributed by atoms with E-state index in [9.17, 15) is 9.59 Å². The maximum Gasteiger partial charge on any atom is 0.228 e. The van der Waals surface area contributed by atoms with Gasteiger partial charge < -0.3 is 10.6 Å². The Morgan fingerprint density at radius 2 is 1.92 bits per heavy atom. The Morgan fingerprint density at radius 1 is 1.21 bits per heavy atom. The van der Waals surface area contributed by atoms with Gasteiger partial charge in [-0.25, -0.2) is 4.98 Å². The molecule has 1 aliphatic rings. The van der Waals surface area contributed by atoms with Gasteiger partial charge in [-0.15, -0.1) is 11.3 Å². The molecule has 1 fully saturated rings. The summed E-state index contributed by atoms with van der Waals surface area (Å²) in [7, 11) is 0. The van der Waals surface area contributed by atoms with Crippen LogP contribution in [0.2, 0.25) is 0 Å². The molecule has 0 saturated carbocycles. The van der Waals surface area contributed by atoms with Crippen molar-refractivity contribution in [3.05, 3.63) is 52.0 Å². The van der Waals surface area contributed by atoms with Gasteiger partial charge in [0.25, 0.3) is 0 Å². The van der Waals surface area contributed by atoms with E-state index in [2.05, 4.69) is 17.1 Å². The second kappa shape index (κ2) is 7.57. The van der Waals surface area contributed by atoms with Crippen molar-refractivity contribution in [2.75, 3.05) is 13.1 Å². The van der Waals surface area contributed by atoms with Crippen LogP contribution >= 0.6 is 11.3 Å². The third kappa shape index (κ3) is 4.20. The number of hydrogen-bond acceptors (Lipinski definition) is 4. The number of amides is 2. The Balaban J connectivity index is 1.53. The van der Waals surface area contributed by atoms with Crippen LogP contribution < -0.4 is 5.73 Å². The van der Waals surface area contributed by atoms with Gasteiger partial charge in [0.05, 0.1) is 17.1 Å². The molecule has 3 rings (SSSR count). The predicted octanol–water partition coefficient (Wildman–Crippen LogP) is 2.00. The number of thiazole rings is 1. The monoisotopic (exact) mass is 343 g/mol. The molecule has 6 heteroatoms. The van der Waals surface area contributed by atoms with Gasteiger partial charge in [-0.2, -0.15) is 0 Å². The van der Waals surface area contributed by atoms with Crippen molar-refractivity contribution in [2.45, 2.75) is 25.7 Å². The second-order valence-corrected chi connectivity index (χ2v) is 7.07. The molecule has 0 bridgehead atoms. The predicted molar refractivity (Wildman–Crippen MR) is 93.6 cm³/mol. The normalized spacial score (nSPS) is 15.4. The quantitative estimate of drug-likeness (QED) is 0.902. The highest BCUT2D eigenvalue weighted by atomic mass is 32.1. The van der Waals surface area contributed by atoms with Crippen molar-refractivity contribution in [2.24, 2.45) is 11.7 Å². The van der Waals surface area contributed by atoms with E-state index < -0.39 is 0 Å². The highest BCUT2D eigenvalue weighted by Crippen LogP contribution is 2.19. The lowest BCUT2D eigenvalue weighted by Crippen LogP contribution is -2.42. The van der Waals surface area contributed by atoms with Gasteiger partial charge in [-0.05, 0) is 18.4 Å². The number of carbonyl (C=O) groups excluding carboxylic acids is 2. The average molecular weight is 343 g/mol. The molecule has 0 atom stereocenters. The van der Waals surface area contributed by atoms with Crippen LogP contribution in [0, 0.1) is 5.92 Å². The Bertz CT molecular complexity index is 706. The number of piperidine rings is 1. The molecule has 0 radical (unpaired) electrons. The fourth-order valence-corrected chi connectivity index (χ4v) is 3.79. The Kier molecular flexibility index (Phi) is 5.25. The van der Waals surface area contributed by atoms with Crippen molar-refractivity contribution in [1.29, 1.82) is 0 Å². The Hall–Kier alpha value is -2.21. The summed E-state index contributed by atoms with van der Waals surface area (Å²) in [6.07, 6.45) is 2.45. The Labute approximate surface area is 145 Å². The Morgan fingerprint density at radius 3 is 2.58 bits per heavy atom. The SMILES string of the molecule is NC(=O)C1CCN(C(=O)Cc2csc(Cc3ccccc3)n2)CC1. The molecule has 5 nitrogen and oxygen atoms in total. The van der Waals surface area contributed by atoms with Gasteiger partial charge >= 0.3 is 0 Å². The molecule has 2 heterocycles. The van der Waals surface area contributed by atoms with E-state index in [-0.39, 0.29) is 17.7 Å². The van der Waals surface area contributed by atoms with Crippen LogP contribution in [-0.4, -0.2) is 34.8 Å². The molecule has 2 aromatic rings. The van der Waals surface area contributed by atoms with E-state index in [1.54, 1.807) is 11.3 Å². The van der Waals surface area contributed by atoms with Gasteiger partial charge in [0.15, 0.2) is 0 Å². The van der Waals surface area contributed by atoms with Crippen molar-refractivity contribution >= 4 is 23.2 Å². The summed E-state index contributed by atoms with van der Waals surface area (Å²) in [4.78, 5) is 30.0. The summed E-state index contributed by atoms with van der Waals surface area (Å²) in [5.74, 6) is -0.271. The van der Waals surface area contributed by atoms with E-state index in [0.29, 0.717) is 32.4 Å². The number of nitrogens with zero attached hydrogens (tertiary/aromatic N) is 2. The van der Waals surface area contributed by atoms with Gasteiger partial charge in [0, 0.05) is 30.8 Å². The molecule has 2 N–H and O–H groups in total. The number of nitrogens with two attached hydrogens (primary N) is 1. The largest absolute Gasteiger partial charge is 0.369 e. The standard InChI is InChI=1S/C18H21N3O2S/c19-18(23)14-6-8-21(9-7-14)17(22)11-15-12-24-16(20-15)10-13-4-2-1-3-5-13/h1-5,12,14H,6-11H2,(H2,19,23). The lowest BCUT2D eigenvalue weighted by molar-refractivity contribution is -0.134. The van der Waals surface area contributed by atoms with Crippen LogP contribution in [0.1, 0.15) is 29.1 Å². The number of benzene rings is 1. The molecule has 0 unspecified atom stereocenters. The van der Waals surface area contributed by atoms with Crippen LogP contribution in [0.25, 0.3) is 0 Å². The fraction of sp³-hybridized carbons (Fsp3) is 0.389. The summed E-state index contributed by atoms with van der Waals surface area (Å²) in [5.41, 5.74) is 7.37. The summed E-state index contributed by atoms with van der Waals surface area (Å²) in [6.45, 7) is 1.21. The highest BCUT2D eigenvalue weighted by molar-refractivity contribution is 7.09. The van der Waals surface area contributed by atoms with Crippen molar-refractivity contribution < 1.29 is 9.59 Å². The first-order chi connectivity index (χ1) is 11.6. The van der Waals surface area contributed by atoms with Crippen molar-refractivity contribution in [3.8, 4) is 0 Å². The van der Waals surface area contributed by atoms with Crippen LogP contribution in [-0.2, 0) is 22.4 Å². The minimum atomic E-state index is -0.257. The number of carbonyl (C=O) groups is 2. The third-order valence-electron chi connectivity index (χ3n) is 4.38. The fourth-order valence-electron chi connectivity index (χ4n) is 2.96. The number of primary amides is 1. The lowest BCUT2D eigenvalue weighted by Gasteiger charge is -2.30. The van der Waals surface area contributed by atoms with E-state index in [0.717, 1.165) is 17.1 Å². The number of hydrogen-bond donors (Lipinski definition) is 1. The second-order valence-electron chi connectivity index (χ2n) is 6.13. The van der Waals surface area contributed by atoms with E-state index in [1.807, 2.05) is 28.5 Å². The molecule has 1 aromatic carbocycles. The molecule has 0 spiro atoms. The number of aromatic nitrogens is 1. The molecular weight excluding hydrogens is 322 g/mol. The summed E-state index contributed by atoms with van der Waals surface area (Å²) < 4.78 is 0. The first kappa shape index (κ1) is 16.6. The molecule has 1 saturated heterocycles. The molecule has 24 heavy (non-hydrogen) atoms. The van der Waals surface area contributed by atoms with E-state index >= 15 is 0 Å². The highest BCUT2D eigenvalue weighted by Gasteiger charge is 2.26. The zero-order valence-corrected chi connectivity index (χ0v) is 14.3. The molecule has 0 aliphatic carbocycles.